The zero-order valence-corrected chi connectivity index (χ0v) is 21.7. The van der Waals surface area contributed by atoms with Gasteiger partial charge in [0.05, 0.1) is 25.5 Å². The predicted octanol–water partition coefficient (Wildman–Crippen LogP) is 5.11. The van der Waals surface area contributed by atoms with E-state index in [1.807, 2.05) is 31.2 Å². The second-order valence-electron chi connectivity index (χ2n) is 8.96. The minimum atomic E-state index is -0.534. The number of rotatable bonds is 8. The molecule has 0 aliphatic carbocycles. The predicted molar refractivity (Wildman–Crippen MR) is 145 cm³/mol. The lowest BCUT2D eigenvalue weighted by Crippen LogP contribution is -2.31. The molecule has 0 bridgehead atoms. The molecule has 1 aliphatic heterocycles. The number of carbonyl (C=O) groups excluding carboxylic acids is 1. The number of nitrogens with one attached hydrogen (secondary N) is 2. The molecule has 9 heteroatoms. The number of carbonyl (C=O) groups is 1. The van der Waals surface area contributed by atoms with E-state index in [-0.39, 0.29) is 5.91 Å². The molecule has 3 aromatic carbocycles. The van der Waals surface area contributed by atoms with Gasteiger partial charge in [0.2, 0.25) is 5.95 Å². The van der Waals surface area contributed by atoms with Crippen molar-refractivity contribution in [2.45, 2.75) is 26.5 Å². The zero-order chi connectivity index (χ0) is 26.6. The maximum Gasteiger partial charge on any atom is 0.255 e. The molecule has 1 atom stereocenters. The van der Waals surface area contributed by atoms with Crippen molar-refractivity contribution in [2.75, 3.05) is 24.9 Å². The van der Waals surface area contributed by atoms with Crippen LogP contribution in [0.2, 0.25) is 0 Å². The maximum absolute atomic E-state index is 13.8. The van der Waals surface area contributed by atoms with Gasteiger partial charge < -0.3 is 24.8 Å². The fourth-order valence-corrected chi connectivity index (χ4v) is 4.42. The molecule has 1 aromatic heterocycles. The van der Waals surface area contributed by atoms with Gasteiger partial charge in [0.25, 0.3) is 5.91 Å². The third-order valence-corrected chi connectivity index (χ3v) is 6.39. The van der Waals surface area contributed by atoms with Crippen LogP contribution in [0.5, 0.6) is 17.2 Å². The Hall–Kier alpha value is -4.79. The molecule has 4 aromatic rings. The van der Waals surface area contributed by atoms with Gasteiger partial charge in [-0.15, -0.1) is 0 Å². The van der Waals surface area contributed by atoms with Gasteiger partial charge >= 0.3 is 0 Å². The number of ether oxygens (including phenoxy) is 3. The van der Waals surface area contributed by atoms with Crippen LogP contribution in [-0.4, -0.2) is 34.9 Å². The highest BCUT2D eigenvalue weighted by Crippen LogP contribution is 2.37. The highest BCUT2D eigenvalue weighted by molar-refractivity contribution is 6.06. The quantitative estimate of drug-likeness (QED) is 0.339. The van der Waals surface area contributed by atoms with Gasteiger partial charge in [-0.2, -0.15) is 10.1 Å². The van der Waals surface area contributed by atoms with Crippen LogP contribution < -0.4 is 24.8 Å². The first kappa shape index (κ1) is 24.9. The van der Waals surface area contributed by atoms with E-state index < -0.39 is 6.04 Å². The van der Waals surface area contributed by atoms with Crippen molar-refractivity contribution in [1.82, 2.24) is 14.8 Å². The van der Waals surface area contributed by atoms with E-state index in [2.05, 4.69) is 51.9 Å². The molecule has 0 saturated carbocycles. The van der Waals surface area contributed by atoms with Crippen molar-refractivity contribution in [3.63, 3.8) is 0 Å². The molecule has 2 heterocycles. The second-order valence-corrected chi connectivity index (χ2v) is 8.96. The minimum absolute atomic E-state index is 0.307. The molecule has 0 saturated heterocycles. The number of anilines is 2. The topological polar surface area (TPSA) is 99.5 Å². The molecule has 5 rings (SSSR count). The molecule has 0 unspecified atom stereocenters. The summed E-state index contributed by atoms with van der Waals surface area (Å²) >= 11 is 0. The molecule has 0 spiro atoms. The number of aromatic nitrogens is 3. The van der Waals surface area contributed by atoms with Crippen molar-refractivity contribution in [3.05, 3.63) is 101 Å². The summed E-state index contributed by atoms with van der Waals surface area (Å²) in [5.41, 5.74) is 4.76. The number of methoxy groups -OCH3 is 2. The van der Waals surface area contributed by atoms with Gasteiger partial charge in [-0.3, -0.25) is 4.79 Å². The number of nitrogens with zero attached hydrogens (tertiary/aromatic N) is 3. The lowest BCUT2D eigenvalue weighted by molar-refractivity contribution is -0.113. The first-order chi connectivity index (χ1) is 18.5. The van der Waals surface area contributed by atoms with Gasteiger partial charge in [-0.05, 0) is 49.2 Å². The van der Waals surface area contributed by atoms with E-state index >= 15 is 0 Å². The molecule has 1 amide bonds. The molecule has 9 nitrogen and oxygen atoms in total. The largest absolute Gasteiger partial charge is 0.497 e. The summed E-state index contributed by atoms with van der Waals surface area (Å²) < 4.78 is 18.6. The maximum atomic E-state index is 13.8. The second kappa shape index (κ2) is 10.7. The number of fused-ring (bicyclic) bond motifs is 1. The summed E-state index contributed by atoms with van der Waals surface area (Å²) in [4.78, 5) is 18.1. The monoisotopic (exact) mass is 511 g/mol. The smallest absolute Gasteiger partial charge is 0.255 e. The summed E-state index contributed by atoms with van der Waals surface area (Å²) in [6.07, 6.45) is 1.46. The van der Waals surface area contributed by atoms with E-state index in [4.69, 9.17) is 14.2 Å². The zero-order valence-electron chi connectivity index (χ0n) is 21.7. The van der Waals surface area contributed by atoms with Crippen molar-refractivity contribution >= 4 is 17.5 Å². The van der Waals surface area contributed by atoms with Crippen LogP contribution in [0.25, 0.3) is 0 Å². The van der Waals surface area contributed by atoms with Crippen LogP contribution in [-0.2, 0) is 11.4 Å². The Kier molecular flexibility index (Phi) is 6.99. The number of hydrogen-bond acceptors (Lipinski definition) is 7. The van der Waals surface area contributed by atoms with Crippen LogP contribution in [0, 0.1) is 6.92 Å². The van der Waals surface area contributed by atoms with Gasteiger partial charge in [-0.25, -0.2) is 4.68 Å². The van der Waals surface area contributed by atoms with Crippen LogP contribution in [0.1, 0.15) is 29.7 Å². The molecule has 0 radical (unpaired) electrons. The Morgan fingerprint density at radius 1 is 1.00 bits per heavy atom. The third kappa shape index (κ3) is 5.04. The summed E-state index contributed by atoms with van der Waals surface area (Å²) in [5.74, 6) is 2.05. The van der Waals surface area contributed by atoms with Crippen molar-refractivity contribution in [3.8, 4) is 17.2 Å². The van der Waals surface area contributed by atoms with Crippen molar-refractivity contribution in [2.24, 2.45) is 0 Å². The van der Waals surface area contributed by atoms with E-state index in [1.54, 1.807) is 37.1 Å². The van der Waals surface area contributed by atoms with E-state index in [0.29, 0.717) is 46.8 Å². The molecule has 2 N–H and O–H groups in total. The number of aryl methyl sites for hydroxylation is 1. The first-order valence-electron chi connectivity index (χ1n) is 12.2. The first-order valence-corrected chi connectivity index (χ1v) is 12.2. The fourth-order valence-electron chi connectivity index (χ4n) is 4.42. The van der Waals surface area contributed by atoms with Crippen LogP contribution in [0.15, 0.2) is 84.3 Å². The fraction of sp³-hybridized carbons (Fsp3) is 0.207. The molecular formula is C29H29N5O4. The summed E-state index contributed by atoms with van der Waals surface area (Å²) in [6.45, 7) is 4.34. The molecule has 1 aliphatic rings. The van der Waals surface area contributed by atoms with Crippen molar-refractivity contribution < 1.29 is 19.0 Å². The molecule has 194 valence electrons. The number of benzene rings is 3. The van der Waals surface area contributed by atoms with E-state index in [9.17, 15) is 4.79 Å². The SMILES string of the molecule is COc1ccc(OC)c(NC(=O)C2=C(C)Nc3ncnn3[C@@H]2c2cccc(OCc3ccc(C)cc3)c2)c1. The Balaban J connectivity index is 1.47. The highest BCUT2D eigenvalue weighted by atomic mass is 16.5. The number of amides is 1. The standard InChI is InChI=1S/C29H29N5O4/c1-18-8-10-20(11-9-18)16-38-23-7-5-6-21(14-23)27-26(19(2)32-29-30-17-31-34(27)29)28(35)33-24-15-22(36-3)12-13-25(24)37-4/h5-15,17,27H,16H2,1-4H3,(H,33,35)(H,30,31,32)/t27-/m1/s1. The Bertz CT molecular complexity index is 1490. The average Bonchev–Trinajstić information content (AvgIpc) is 3.40. The van der Waals surface area contributed by atoms with E-state index in [1.165, 1.54) is 11.9 Å². The Morgan fingerprint density at radius 3 is 2.58 bits per heavy atom. The van der Waals surface area contributed by atoms with Gasteiger partial charge in [0.1, 0.15) is 36.2 Å². The average molecular weight is 512 g/mol. The minimum Gasteiger partial charge on any atom is -0.497 e. The van der Waals surface area contributed by atoms with Crippen LogP contribution >= 0.6 is 0 Å². The van der Waals surface area contributed by atoms with Crippen LogP contribution in [0.4, 0.5) is 11.6 Å². The summed E-state index contributed by atoms with van der Waals surface area (Å²) in [6, 6.07) is 20.6. The Morgan fingerprint density at radius 2 is 1.82 bits per heavy atom. The number of hydrogen-bond donors (Lipinski definition) is 2. The van der Waals surface area contributed by atoms with Crippen LogP contribution in [0.3, 0.4) is 0 Å². The van der Waals surface area contributed by atoms with Gasteiger partial charge in [0, 0.05) is 11.8 Å². The number of allylic oxidation sites excluding steroid dienone is 1. The van der Waals surface area contributed by atoms with Crippen molar-refractivity contribution in [1.29, 1.82) is 0 Å². The highest BCUT2D eigenvalue weighted by Gasteiger charge is 2.34. The summed E-state index contributed by atoms with van der Waals surface area (Å²) in [5, 5.41) is 10.6. The molecular weight excluding hydrogens is 482 g/mol. The van der Waals surface area contributed by atoms with Gasteiger partial charge in [0.15, 0.2) is 0 Å². The third-order valence-electron chi connectivity index (χ3n) is 6.39. The Labute approximate surface area is 221 Å². The summed E-state index contributed by atoms with van der Waals surface area (Å²) in [7, 11) is 3.12. The molecule has 38 heavy (non-hydrogen) atoms. The molecule has 0 fully saturated rings. The lowest BCUT2D eigenvalue weighted by atomic mass is 9.94. The van der Waals surface area contributed by atoms with E-state index in [0.717, 1.165) is 11.1 Å². The van der Waals surface area contributed by atoms with Gasteiger partial charge in [-0.1, -0.05) is 42.0 Å². The lowest BCUT2D eigenvalue weighted by Gasteiger charge is -2.29. The normalized spacial score (nSPS) is 14.4.